The molecule has 1 unspecified atom stereocenters. The normalized spacial score (nSPS) is 12.5. The van der Waals surface area contributed by atoms with Gasteiger partial charge in [-0.2, -0.15) is 0 Å². The van der Waals surface area contributed by atoms with E-state index >= 15 is 0 Å². The first-order valence-electron chi connectivity index (χ1n) is 5.54. The van der Waals surface area contributed by atoms with Crippen LogP contribution in [-0.4, -0.2) is 5.11 Å². The fraction of sp³-hybridized carbons (Fsp3) is 0.143. The Bertz CT molecular complexity index is 601. The van der Waals surface area contributed by atoms with Crippen molar-refractivity contribution in [3.05, 3.63) is 67.1 Å². The number of halogens is 4. The molecule has 0 fully saturated rings. The van der Waals surface area contributed by atoms with Crippen LogP contribution in [0.25, 0.3) is 0 Å². The van der Waals surface area contributed by atoms with Gasteiger partial charge in [0.1, 0.15) is 0 Å². The van der Waals surface area contributed by atoms with E-state index in [1.165, 1.54) is 0 Å². The third-order valence-electron chi connectivity index (χ3n) is 2.73. The van der Waals surface area contributed by atoms with E-state index in [2.05, 4.69) is 15.9 Å². The van der Waals surface area contributed by atoms with E-state index in [1.54, 1.807) is 24.3 Å². The highest BCUT2D eigenvalue weighted by Crippen LogP contribution is 2.30. The second kappa shape index (κ2) is 6.47. The van der Waals surface area contributed by atoms with E-state index in [0.717, 1.165) is 15.6 Å². The van der Waals surface area contributed by atoms with Gasteiger partial charge in [-0.25, -0.2) is 0 Å². The molecule has 0 aliphatic rings. The third-order valence-corrected chi connectivity index (χ3v) is 4.43. The molecule has 19 heavy (non-hydrogen) atoms. The molecule has 0 bridgehead atoms. The monoisotopic (exact) mass is 378 g/mol. The average Bonchev–Trinajstić information content (AvgIpc) is 2.36. The van der Waals surface area contributed by atoms with Crippen molar-refractivity contribution in [2.24, 2.45) is 0 Å². The minimum Gasteiger partial charge on any atom is -0.388 e. The van der Waals surface area contributed by atoms with E-state index in [4.69, 9.17) is 34.8 Å². The maximum Gasteiger partial charge on any atom is 0.0841 e. The average molecular weight is 380 g/mol. The molecule has 0 saturated heterocycles. The van der Waals surface area contributed by atoms with E-state index in [-0.39, 0.29) is 0 Å². The standard InChI is InChI=1S/C14H10BrCl3O/c15-11-3-2-9(16)7-10(11)14(19)6-8-1-4-12(17)13(18)5-8/h1-5,7,14,19H,6H2. The van der Waals surface area contributed by atoms with Gasteiger partial charge in [0.15, 0.2) is 0 Å². The third kappa shape index (κ3) is 3.87. The van der Waals surface area contributed by atoms with E-state index in [1.807, 2.05) is 12.1 Å². The molecule has 2 aromatic carbocycles. The summed E-state index contributed by atoms with van der Waals surface area (Å²) >= 11 is 21.2. The number of hydrogen-bond donors (Lipinski definition) is 1. The summed E-state index contributed by atoms with van der Waals surface area (Å²) in [6, 6.07) is 10.6. The summed E-state index contributed by atoms with van der Waals surface area (Å²) in [5.41, 5.74) is 1.66. The molecule has 0 spiro atoms. The van der Waals surface area contributed by atoms with Crippen LogP contribution in [0.15, 0.2) is 40.9 Å². The van der Waals surface area contributed by atoms with Crippen molar-refractivity contribution in [3.8, 4) is 0 Å². The zero-order chi connectivity index (χ0) is 14.0. The van der Waals surface area contributed by atoms with Gasteiger partial charge >= 0.3 is 0 Å². The number of hydrogen-bond acceptors (Lipinski definition) is 1. The molecule has 0 heterocycles. The smallest absolute Gasteiger partial charge is 0.0841 e. The quantitative estimate of drug-likeness (QED) is 0.726. The molecule has 2 aromatic rings. The molecule has 0 amide bonds. The van der Waals surface area contributed by atoms with Gasteiger partial charge in [-0.1, -0.05) is 56.8 Å². The highest BCUT2D eigenvalue weighted by atomic mass is 79.9. The Labute approximate surface area is 135 Å². The predicted molar refractivity (Wildman–Crippen MR) is 84.3 cm³/mol. The summed E-state index contributed by atoms with van der Waals surface area (Å²) in [5, 5.41) is 11.9. The van der Waals surface area contributed by atoms with Gasteiger partial charge in [0.2, 0.25) is 0 Å². The van der Waals surface area contributed by atoms with E-state index < -0.39 is 6.10 Å². The van der Waals surface area contributed by atoms with Gasteiger partial charge < -0.3 is 5.11 Å². The maximum atomic E-state index is 10.3. The zero-order valence-corrected chi connectivity index (χ0v) is 13.6. The summed E-state index contributed by atoms with van der Waals surface area (Å²) < 4.78 is 0.824. The van der Waals surface area contributed by atoms with E-state index in [9.17, 15) is 5.11 Å². The van der Waals surface area contributed by atoms with Crippen LogP contribution in [0.3, 0.4) is 0 Å². The number of aliphatic hydroxyl groups is 1. The van der Waals surface area contributed by atoms with Crippen molar-refractivity contribution < 1.29 is 5.11 Å². The Hall–Kier alpha value is -0.250. The minimum absolute atomic E-state index is 0.440. The van der Waals surface area contributed by atoms with Gasteiger partial charge in [-0.3, -0.25) is 0 Å². The van der Waals surface area contributed by atoms with Crippen molar-refractivity contribution in [3.63, 3.8) is 0 Å². The van der Waals surface area contributed by atoms with Gasteiger partial charge in [0, 0.05) is 15.9 Å². The number of rotatable bonds is 3. The molecule has 0 saturated carbocycles. The Morgan fingerprint density at radius 1 is 1.00 bits per heavy atom. The molecule has 0 aromatic heterocycles. The lowest BCUT2D eigenvalue weighted by atomic mass is 10.0. The molecular weight excluding hydrogens is 370 g/mol. The fourth-order valence-corrected chi connectivity index (χ4v) is 2.78. The second-order valence-electron chi connectivity index (χ2n) is 4.13. The second-order valence-corrected chi connectivity index (χ2v) is 6.24. The lowest BCUT2D eigenvalue weighted by Crippen LogP contribution is -2.03. The largest absolute Gasteiger partial charge is 0.388 e. The topological polar surface area (TPSA) is 20.2 Å². The number of aliphatic hydroxyl groups excluding tert-OH is 1. The summed E-state index contributed by atoms with van der Waals surface area (Å²) in [7, 11) is 0. The summed E-state index contributed by atoms with van der Waals surface area (Å²) in [6.45, 7) is 0. The van der Waals surface area contributed by atoms with Crippen LogP contribution in [0.5, 0.6) is 0 Å². The van der Waals surface area contributed by atoms with Crippen molar-refractivity contribution >= 4 is 50.7 Å². The van der Waals surface area contributed by atoms with Gasteiger partial charge in [0.05, 0.1) is 16.1 Å². The van der Waals surface area contributed by atoms with Crippen molar-refractivity contribution in [1.82, 2.24) is 0 Å². The Morgan fingerprint density at radius 3 is 2.42 bits per heavy atom. The molecule has 1 atom stereocenters. The lowest BCUT2D eigenvalue weighted by molar-refractivity contribution is 0.177. The van der Waals surface area contributed by atoms with Crippen LogP contribution < -0.4 is 0 Å². The van der Waals surface area contributed by atoms with Gasteiger partial charge in [0.25, 0.3) is 0 Å². The number of benzene rings is 2. The van der Waals surface area contributed by atoms with E-state index in [0.29, 0.717) is 21.5 Å². The molecule has 1 nitrogen and oxygen atoms in total. The Kier molecular flexibility index (Phi) is 5.15. The highest BCUT2D eigenvalue weighted by Gasteiger charge is 2.13. The van der Waals surface area contributed by atoms with Crippen molar-refractivity contribution in [2.45, 2.75) is 12.5 Å². The van der Waals surface area contributed by atoms with Crippen LogP contribution in [-0.2, 0) is 6.42 Å². The van der Waals surface area contributed by atoms with Crippen LogP contribution in [0.4, 0.5) is 0 Å². The molecule has 1 N–H and O–H groups in total. The fourth-order valence-electron chi connectivity index (χ4n) is 1.77. The molecule has 5 heteroatoms. The summed E-state index contributed by atoms with van der Waals surface area (Å²) in [4.78, 5) is 0. The van der Waals surface area contributed by atoms with Crippen LogP contribution in [0.2, 0.25) is 15.1 Å². The molecule has 0 aliphatic carbocycles. The first-order chi connectivity index (χ1) is 8.97. The predicted octanol–water partition coefficient (Wildman–Crippen LogP) is 5.69. The Morgan fingerprint density at radius 2 is 1.74 bits per heavy atom. The zero-order valence-electron chi connectivity index (χ0n) is 9.71. The minimum atomic E-state index is -0.662. The first kappa shape index (κ1) is 15.1. The molecule has 100 valence electrons. The van der Waals surface area contributed by atoms with Crippen LogP contribution in [0.1, 0.15) is 17.2 Å². The van der Waals surface area contributed by atoms with Crippen LogP contribution in [0, 0.1) is 0 Å². The van der Waals surface area contributed by atoms with Crippen molar-refractivity contribution in [2.75, 3.05) is 0 Å². The Balaban J connectivity index is 2.22. The SMILES string of the molecule is OC(Cc1ccc(Cl)c(Cl)c1)c1cc(Cl)ccc1Br. The molecule has 2 rings (SSSR count). The summed E-state index contributed by atoms with van der Waals surface area (Å²) in [5.74, 6) is 0. The highest BCUT2D eigenvalue weighted by molar-refractivity contribution is 9.10. The van der Waals surface area contributed by atoms with Crippen LogP contribution >= 0.6 is 50.7 Å². The molecule has 0 aliphatic heterocycles. The van der Waals surface area contributed by atoms with Gasteiger partial charge in [-0.15, -0.1) is 0 Å². The lowest BCUT2D eigenvalue weighted by Gasteiger charge is -2.14. The maximum absolute atomic E-state index is 10.3. The first-order valence-corrected chi connectivity index (χ1v) is 7.47. The molecule has 0 radical (unpaired) electrons. The molecular formula is C14H10BrCl3O. The van der Waals surface area contributed by atoms with Gasteiger partial charge in [-0.05, 0) is 41.5 Å². The summed E-state index contributed by atoms with van der Waals surface area (Å²) in [6.07, 6.45) is -0.221. The van der Waals surface area contributed by atoms with Crippen molar-refractivity contribution in [1.29, 1.82) is 0 Å².